The van der Waals surface area contributed by atoms with Crippen LogP contribution in [0.1, 0.15) is 49.2 Å². The molecule has 5 heteroatoms. The predicted octanol–water partition coefficient (Wildman–Crippen LogP) is 4.14. The van der Waals surface area contributed by atoms with Crippen LogP contribution in [0.15, 0.2) is 34.9 Å². The number of hydrogen-bond donors (Lipinski definition) is 1. The van der Waals surface area contributed by atoms with E-state index in [2.05, 4.69) is 29.2 Å². The summed E-state index contributed by atoms with van der Waals surface area (Å²) in [7, 11) is 0. The zero-order valence-corrected chi connectivity index (χ0v) is 16.7. The van der Waals surface area contributed by atoms with Crippen LogP contribution in [0.25, 0.3) is 11.3 Å². The van der Waals surface area contributed by atoms with E-state index < -0.39 is 0 Å². The maximum absolute atomic E-state index is 12.7. The summed E-state index contributed by atoms with van der Waals surface area (Å²) in [5, 5.41) is 7.12. The van der Waals surface area contributed by atoms with Gasteiger partial charge in [-0.15, -0.1) is 0 Å². The highest BCUT2D eigenvalue weighted by Crippen LogP contribution is 2.25. The number of benzene rings is 1. The van der Waals surface area contributed by atoms with Crippen LogP contribution in [-0.2, 0) is 0 Å². The second-order valence-corrected chi connectivity index (χ2v) is 8.00. The highest BCUT2D eigenvalue weighted by atomic mass is 16.5. The maximum Gasteiger partial charge on any atom is 0.257 e. The lowest BCUT2D eigenvalue weighted by Crippen LogP contribution is -2.39. The molecule has 5 nitrogen and oxygen atoms in total. The standard InChI is InChI=1S/C22H31N3O2/c1-16-13-17(2)15-25(14-16)12-8-7-11-23-22(26)20-18(3)27-24-21(20)19-9-5-4-6-10-19/h4-6,9-10,16-17H,7-8,11-15H2,1-3H3,(H,23,26). The number of piperidine rings is 1. The molecule has 0 aliphatic carbocycles. The van der Waals surface area contributed by atoms with Crippen molar-refractivity contribution < 1.29 is 9.32 Å². The molecule has 1 aliphatic rings. The van der Waals surface area contributed by atoms with Gasteiger partial charge >= 0.3 is 0 Å². The lowest BCUT2D eigenvalue weighted by Gasteiger charge is -2.34. The van der Waals surface area contributed by atoms with Crippen molar-refractivity contribution in [3.63, 3.8) is 0 Å². The molecule has 0 radical (unpaired) electrons. The molecule has 1 aliphatic heterocycles. The van der Waals surface area contributed by atoms with Gasteiger partial charge in [0.05, 0.1) is 0 Å². The lowest BCUT2D eigenvalue weighted by molar-refractivity contribution is 0.0950. The number of likely N-dealkylation sites (tertiary alicyclic amines) is 1. The van der Waals surface area contributed by atoms with Crippen molar-refractivity contribution in [2.24, 2.45) is 11.8 Å². The zero-order chi connectivity index (χ0) is 19.2. The van der Waals surface area contributed by atoms with Crippen molar-refractivity contribution in [1.29, 1.82) is 0 Å². The van der Waals surface area contributed by atoms with Crippen LogP contribution >= 0.6 is 0 Å². The molecule has 1 N–H and O–H groups in total. The van der Waals surface area contributed by atoms with E-state index in [9.17, 15) is 4.79 Å². The van der Waals surface area contributed by atoms with Crippen LogP contribution in [0.4, 0.5) is 0 Å². The smallest absolute Gasteiger partial charge is 0.257 e. The molecule has 0 bridgehead atoms. The minimum atomic E-state index is -0.104. The Bertz CT molecular complexity index is 731. The molecular formula is C22H31N3O2. The summed E-state index contributed by atoms with van der Waals surface area (Å²) in [6.45, 7) is 10.7. The number of hydrogen-bond acceptors (Lipinski definition) is 4. The molecule has 2 unspecified atom stereocenters. The van der Waals surface area contributed by atoms with E-state index in [1.807, 2.05) is 30.3 Å². The first-order chi connectivity index (χ1) is 13.0. The van der Waals surface area contributed by atoms with Gasteiger partial charge in [0.25, 0.3) is 5.91 Å². The van der Waals surface area contributed by atoms with Gasteiger partial charge in [-0.05, 0) is 44.6 Å². The van der Waals surface area contributed by atoms with E-state index in [0.29, 0.717) is 23.6 Å². The molecule has 1 saturated heterocycles. The number of aryl methyl sites for hydroxylation is 1. The topological polar surface area (TPSA) is 58.4 Å². The second-order valence-electron chi connectivity index (χ2n) is 8.00. The Morgan fingerprint density at radius 2 is 1.89 bits per heavy atom. The molecule has 2 aromatic rings. The molecule has 2 heterocycles. The summed E-state index contributed by atoms with van der Waals surface area (Å²) < 4.78 is 5.28. The number of nitrogens with one attached hydrogen (secondary N) is 1. The number of unbranched alkanes of at least 4 members (excludes halogenated alkanes) is 1. The van der Waals surface area contributed by atoms with Crippen molar-refractivity contribution in [2.75, 3.05) is 26.2 Å². The Hall–Kier alpha value is -2.14. The minimum Gasteiger partial charge on any atom is -0.360 e. The summed E-state index contributed by atoms with van der Waals surface area (Å²) in [5.41, 5.74) is 2.05. The fourth-order valence-corrected chi connectivity index (χ4v) is 4.16. The van der Waals surface area contributed by atoms with E-state index in [4.69, 9.17) is 4.52 Å². The van der Waals surface area contributed by atoms with Crippen molar-refractivity contribution in [3.8, 4) is 11.3 Å². The lowest BCUT2D eigenvalue weighted by atomic mass is 9.92. The summed E-state index contributed by atoms with van der Waals surface area (Å²) >= 11 is 0. The fraction of sp³-hybridized carbons (Fsp3) is 0.545. The monoisotopic (exact) mass is 369 g/mol. The molecule has 1 amide bonds. The van der Waals surface area contributed by atoms with Gasteiger partial charge in [-0.2, -0.15) is 0 Å². The molecule has 1 aromatic carbocycles. The van der Waals surface area contributed by atoms with Crippen molar-refractivity contribution in [3.05, 3.63) is 41.7 Å². The van der Waals surface area contributed by atoms with Crippen molar-refractivity contribution in [1.82, 2.24) is 15.4 Å². The molecule has 3 rings (SSSR count). The molecule has 1 aromatic heterocycles. The van der Waals surface area contributed by atoms with E-state index in [0.717, 1.165) is 36.8 Å². The van der Waals surface area contributed by atoms with Gasteiger partial charge in [0.15, 0.2) is 0 Å². The van der Waals surface area contributed by atoms with Crippen LogP contribution in [-0.4, -0.2) is 42.1 Å². The van der Waals surface area contributed by atoms with Crippen LogP contribution in [0, 0.1) is 18.8 Å². The van der Waals surface area contributed by atoms with Gasteiger partial charge in [0, 0.05) is 25.2 Å². The summed E-state index contributed by atoms with van der Waals surface area (Å²) in [6.07, 6.45) is 3.43. The second kappa shape index (κ2) is 9.18. The Kier molecular flexibility index (Phi) is 6.67. The first kappa shape index (κ1) is 19.6. The third kappa shape index (κ3) is 5.19. The number of carbonyl (C=O) groups is 1. The van der Waals surface area contributed by atoms with E-state index in [1.54, 1.807) is 6.92 Å². The van der Waals surface area contributed by atoms with E-state index >= 15 is 0 Å². The van der Waals surface area contributed by atoms with Gasteiger partial charge < -0.3 is 14.7 Å². The Morgan fingerprint density at radius 1 is 1.19 bits per heavy atom. The average Bonchev–Trinajstić information content (AvgIpc) is 3.03. The molecule has 27 heavy (non-hydrogen) atoms. The van der Waals surface area contributed by atoms with Crippen molar-refractivity contribution >= 4 is 5.91 Å². The molecule has 0 saturated carbocycles. The van der Waals surface area contributed by atoms with Gasteiger partial charge in [0.1, 0.15) is 17.0 Å². The summed E-state index contributed by atoms with van der Waals surface area (Å²) in [6, 6.07) is 9.69. The fourth-order valence-electron chi connectivity index (χ4n) is 4.16. The Balaban J connectivity index is 1.47. The first-order valence-corrected chi connectivity index (χ1v) is 10.1. The SMILES string of the molecule is Cc1onc(-c2ccccc2)c1C(=O)NCCCCN1CC(C)CC(C)C1. The van der Waals surface area contributed by atoms with Gasteiger partial charge in [-0.1, -0.05) is 49.3 Å². The summed E-state index contributed by atoms with van der Waals surface area (Å²) in [5.74, 6) is 2.04. The van der Waals surface area contributed by atoms with E-state index in [-0.39, 0.29) is 5.91 Å². The largest absolute Gasteiger partial charge is 0.360 e. The van der Waals surface area contributed by atoms with Gasteiger partial charge in [-0.25, -0.2) is 0 Å². The number of nitrogens with zero attached hydrogens (tertiary/aromatic N) is 2. The first-order valence-electron chi connectivity index (χ1n) is 10.1. The number of aromatic nitrogens is 1. The highest BCUT2D eigenvalue weighted by Gasteiger charge is 2.22. The maximum atomic E-state index is 12.7. The van der Waals surface area contributed by atoms with Crippen LogP contribution in [0.3, 0.4) is 0 Å². The normalized spacial score (nSPS) is 20.6. The zero-order valence-electron chi connectivity index (χ0n) is 16.7. The minimum absolute atomic E-state index is 0.104. The molecular weight excluding hydrogens is 338 g/mol. The number of carbonyl (C=O) groups excluding carboxylic acids is 1. The molecule has 146 valence electrons. The van der Waals surface area contributed by atoms with Crippen LogP contribution < -0.4 is 5.32 Å². The molecule has 2 atom stereocenters. The van der Waals surface area contributed by atoms with Gasteiger partial charge in [-0.3, -0.25) is 4.79 Å². The predicted molar refractivity (Wildman–Crippen MR) is 108 cm³/mol. The Labute approximate surface area is 162 Å². The van der Waals surface area contributed by atoms with E-state index in [1.165, 1.54) is 19.5 Å². The Morgan fingerprint density at radius 3 is 2.59 bits per heavy atom. The van der Waals surface area contributed by atoms with Gasteiger partial charge in [0.2, 0.25) is 0 Å². The highest BCUT2D eigenvalue weighted by molar-refractivity contribution is 6.00. The third-order valence-corrected chi connectivity index (χ3v) is 5.27. The number of amides is 1. The van der Waals surface area contributed by atoms with Crippen molar-refractivity contribution in [2.45, 2.75) is 40.0 Å². The van der Waals surface area contributed by atoms with Crippen LogP contribution in [0.2, 0.25) is 0 Å². The molecule has 1 fully saturated rings. The third-order valence-electron chi connectivity index (χ3n) is 5.27. The number of rotatable bonds is 7. The summed E-state index contributed by atoms with van der Waals surface area (Å²) in [4.78, 5) is 15.2. The quantitative estimate of drug-likeness (QED) is 0.745. The van der Waals surface area contributed by atoms with Crippen LogP contribution in [0.5, 0.6) is 0 Å². The molecule has 0 spiro atoms. The average molecular weight is 370 g/mol.